The Bertz CT molecular complexity index is 286. The van der Waals surface area contributed by atoms with E-state index in [0.717, 1.165) is 0 Å². The minimum Gasteiger partial charge on any atom is -0.365 e. The molecule has 3 N–H and O–H groups in total. The lowest BCUT2D eigenvalue weighted by Crippen LogP contribution is -2.02. The van der Waals surface area contributed by atoms with Crippen LogP contribution >= 0.6 is 11.6 Å². The predicted molar refractivity (Wildman–Crippen MR) is 55.9 cm³/mol. The molecule has 1 aromatic heterocycles. The topological polar surface area (TPSA) is 50.9 Å². The highest BCUT2D eigenvalue weighted by Crippen LogP contribution is 2.16. The van der Waals surface area contributed by atoms with Crippen molar-refractivity contribution in [2.75, 3.05) is 18.4 Å². The number of aromatic nitrogens is 1. The molecule has 3 nitrogen and oxygen atoms in total. The number of hydrogen-bond donors (Lipinski definition) is 2. The summed E-state index contributed by atoms with van der Waals surface area (Å²) in [5, 5.41) is 3.69. The summed E-state index contributed by atoms with van der Waals surface area (Å²) in [7, 11) is 0. The number of nitrogens with zero attached hydrogens (tertiary/aromatic N) is 1. The van der Waals surface area contributed by atoms with E-state index in [1.165, 1.54) is 0 Å². The lowest BCUT2D eigenvalue weighted by molar-refractivity contribution is 1.20. The highest BCUT2D eigenvalue weighted by atomic mass is 35.5. The van der Waals surface area contributed by atoms with Crippen LogP contribution in [0.15, 0.2) is 30.5 Å². The van der Waals surface area contributed by atoms with E-state index in [2.05, 4.69) is 10.3 Å². The van der Waals surface area contributed by atoms with Crippen LogP contribution in [-0.2, 0) is 0 Å². The van der Waals surface area contributed by atoms with Crippen molar-refractivity contribution in [2.24, 2.45) is 5.73 Å². The van der Waals surface area contributed by atoms with Crippen molar-refractivity contribution in [1.29, 1.82) is 0 Å². The molecule has 1 heterocycles. The van der Waals surface area contributed by atoms with Gasteiger partial charge in [-0.15, -0.1) is 0 Å². The van der Waals surface area contributed by atoms with Crippen LogP contribution in [0, 0.1) is 0 Å². The van der Waals surface area contributed by atoms with Crippen LogP contribution in [0.25, 0.3) is 0 Å². The van der Waals surface area contributed by atoms with Crippen LogP contribution < -0.4 is 11.1 Å². The normalized spacial score (nSPS) is 10.6. The lowest BCUT2D eigenvalue weighted by atomic mass is 10.4. The van der Waals surface area contributed by atoms with Gasteiger partial charge in [0, 0.05) is 19.3 Å². The van der Waals surface area contributed by atoms with Crippen molar-refractivity contribution < 1.29 is 0 Å². The summed E-state index contributed by atoms with van der Waals surface area (Å²) < 4.78 is 0. The third kappa shape index (κ3) is 3.44. The number of hydrogen-bond acceptors (Lipinski definition) is 3. The molecule has 13 heavy (non-hydrogen) atoms. The van der Waals surface area contributed by atoms with Crippen LogP contribution in [0.3, 0.4) is 0 Å². The fraction of sp³-hybridized carbons (Fsp3) is 0.222. The fourth-order valence-corrected chi connectivity index (χ4v) is 1.04. The second-order valence-electron chi connectivity index (χ2n) is 2.42. The van der Waals surface area contributed by atoms with E-state index in [9.17, 15) is 0 Å². The summed E-state index contributed by atoms with van der Waals surface area (Å²) >= 11 is 5.86. The van der Waals surface area contributed by atoms with Crippen molar-refractivity contribution in [2.45, 2.75) is 0 Å². The molecule has 70 valence electrons. The highest BCUT2D eigenvalue weighted by molar-refractivity contribution is 6.32. The molecule has 0 aromatic carbocycles. The molecule has 4 heteroatoms. The van der Waals surface area contributed by atoms with Crippen LogP contribution in [0.4, 0.5) is 5.82 Å². The molecule has 0 radical (unpaired) electrons. The molecule has 0 spiro atoms. The van der Waals surface area contributed by atoms with Crippen LogP contribution in [0.1, 0.15) is 0 Å². The summed E-state index contributed by atoms with van der Waals surface area (Å²) in [5.74, 6) is 0.700. The maximum absolute atomic E-state index is 5.86. The van der Waals surface area contributed by atoms with Gasteiger partial charge in [0.15, 0.2) is 0 Å². The Labute approximate surface area is 82.6 Å². The number of rotatable bonds is 4. The number of nitrogens with two attached hydrogens (primary N) is 1. The second kappa shape index (κ2) is 5.56. The maximum Gasteiger partial charge on any atom is 0.144 e. The molecule has 0 saturated heterocycles. The smallest absolute Gasteiger partial charge is 0.144 e. The summed E-state index contributed by atoms with van der Waals surface area (Å²) in [6.45, 7) is 1.24. The molecule has 0 unspecified atom stereocenters. The summed E-state index contributed by atoms with van der Waals surface area (Å²) in [5.41, 5.74) is 5.28. The Kier molecular flexibility index (Phi) is 4.29. The Balaban J connectivity index is 2.45. The average Bonchev–Trinajstić information content (AvgIpc) is 2.15. The largest absolute Gasteiger partial charge is 0.365 e. The van der Waals surface area contributed by atoms with Gasteiger partial charge in [-0.25, -0.2) is 4.98 Å². The molecule has 0 fully saturated rings. The number of anilines is 1. The maximum atomic E-state index is 5.86. The number of nitrogens with one attached hydrogen (secondary N) is 1. The van der Waals surface area contributed by atoms with E-state index in [0.29, 0.717) is 23.9 Å². The van der Waals surface area contributed by atoms with E-state index in [-0.39, 0.29) is 0 Å². The van der Waals surface area contributed by atoms with Crippen LogP contribution in [0.5, 0.6) is 0 Å². The average molecular weight is 198 g/mol. The Morgan fingerprint density at radius 2 is 2.38 bits per heavy atom. The van der Waals surface area contributed by atoms with Crippen LogP contribution in [-0.4, -0.2) is 18.1 Å². The first-order chi connectivity index (χ1) is 6.34. The lowest BCUT2D eigenvalue weighted by Gasteiger charge is -2.02. The number of halogens is 1. The van der Waals surface area contributed by atoms with Crippen molar-refractivity contribution in [3.63, 3.8) is 0 Å². The third-order valence-electron chi connectivity index (χ3n) is 1.45. The van der Waals surface area contributed by atoms with Gasteiger partial charge in [0.1, 0.15) is 5.82 Å². The van der Waals surface area contributed by atoms with Crippen molar-refractivity contribution in [1.82, 2.24) is 4.98 Å². The van der Waals surface area contributed by atoms with Gasteiger partial charge >= 0.3 is 0 Å². The van der Waals surface area contributed by atoms with E-state index >= 15 is 0 Å². The molecule has 0 amide bonds. The molecule has 0 saturated carbocycles. The van der Waals surface area contributed by atoms with Crippen molar-refractivity contribution >= 4 is 17.4 Å². The molecule has 1 aromatic rings. The van der Waals surface area contributed by atoms with E-state index in [1.807, 2.05) is 12.2 Å². The highest BCUT2D eigenvalue weighted by Gasteiger charge is 1.96. The second-order valence-corrected chi connectivity index (χ2v) is 2.83. The SMILES string of the molecule is NC/C=C/CNc1ncccc1Cl. The number of pyridine rings is 1. The van der Waals surface area contributed by atoms with E-state index < -0.39 is 0 Å². The van der Waals surface area contributed by atoms with Gasteiger partial charge in [-0.3, -0.25) is 0 Å². The molecule has 0 aliphatic carbocycles. The monoisotopic (exact) mass is 197 g/mol. The summed E-state index contributed by atoms with van der Waals surface area (Å²) in [6, 6.07) is 3.59. The molecule has 0 aliphatic heterocycles. The Morgan fingerprint density at radius 3 is 3.08 bits per heavy atom. The van der Waals surface area contributed by atoms with E-state index in [1.54, 1.807) is 18.3 Å². The minimum atomic E-state index is 0.553. The fourth-order valence-electron chi connectivity index (χ4n) is 0.851. The van der Waals surface area contributed by atoms with Gasteiger partial charge in [-0.05, 0) is 12.1 Å². The molecule has 0 atom stereocenters. The summed E-state index contributed by atoms with van der Waals surface area (Å²) in [4.78, 5) is 4.07. The van der Waals surface area contributed by atoms with Crippen LogP contribution in [0.2, 0.25) is 5.02 Å². The van der Waals surface area contributed by atoms with Crippen molar-refractivity contribution in [3.05, 3.63) is 35.5 Å². The molecule has 0 bridgehead atoms. The van der Waals surface area contributed by atoms with Gasteiger partial charge in [0.05, 0.1) is 5.02 Å². The minimum absolute atomic E-state index is 0.553. The first-order valence-corrected chi connectivity index (χ1v) is 4.42. The molecular weight excluding hydrogens is 186 g/mol. The first-order valence-electron chi connectivity index (χ1n) is 4.04. The molecule has 1 rings (SSSR count). The summed E-state index contributed by atoms with van der Waals surface area (Å²) in [6.07, 6.45) is 5.51. The zero-order valence-corrected chi connectivity index (χ0v) is 7.96. The standard InChI is InChI=1S/C9H12ClN3/c10-8-4-3-7-13-9(8)12-6-2-1-5-11/h1-4,7H,5-6,11H2,(H,12,13)/b2-1+. The predicted octanol–water partition coefficient (Wildman–Crippen LogP) is 1.66. The Hall–Kier alpha value is -1.06. The van der Waals surface area contributed by atoms with Gasteiger partial charge in [0.2, 0.25) is 0 Å². The van der Waals surface area contributed by atoms with Crippen molar-refractivity contribution in [3.8, 4) is 0 Å². The van der Waals surface area contributed by atoms with Gasteiger partial charge < -0.3 is 11.1 Å². The first kappa shape index (κ1) is 10.0. The van der Waals surface area contributed by atoms with Gasteiger partial charge in [-0.1, -0.05) is 23.8 Å². The van der Waals surface area contributed by atoms with E-state index in [4.69, 9.17) is 17.3 Å². The quantitative estimate of drug-likeness (QED) is 0.722. The third-order valence-corrected chi connectivity index (χ3v) is 1.75. The Morgan fingerprint density at radius 1 is 1.54 bits per heavy atom. The zero-order chi connectivity index (χ0) is 9.52. The molecular formula is C9H12ClN3. The van der Waals surface area contributed by atoms with Gasteiger partial charge in [0.25, 0.3) is 0 Å². The molecule has 0 aliphatic rings. The zero-order valence-electron chi connectivity index (χ0n) is 7.20. The van der Waals surface area contributed by atoms with Gasteiger partial charge in [-0.2, -0.15) is 0 Å².